The summed E-state index contributed by atoms with van der Waals surface area (Å²) in [6.07, 6.45) is 0.191. The molecular weight excluding hydrogens is 266 g/mol. The van der Waals surface area contributed by atoms with Crippen LogP contribution in [0, 0.1) is 0 Å². The van der Waals surface area contributed by atoms with Crippen molar-refractivity contribution in [1.29, 1.82) is 0 Å². The lowest BCUT2D eigenvalue weighted by Crippen LogP contribution is -2.22. The van der Waals surface area contributed by atoms with Crippen molar-refractivity contribution < 1.29 is 4.74 Å². The molecule has 90 valence electrons. The second kappa shape index (κ2) is 6.26. The quantitative estimate of drug-likeness (QED) is 0.890. The molecule has 0 unspecified atom stereocenters. The van der Waals surface area contributed by atoms with Crippen LogP contribution in [0.1, 0.15) is 33.3 Å². The van der Waals surface area contributed by atoms with Crippen molar-refractivity contribution in [3.63, 3.8) is 0 Å². The Morgan fingerprint density at radius 2 is 1.94 bits per heavy atom. The third kappa shape index (κ3) is 4.14. The molecular formula is C13H20BrNO. The van der Waals surface area contributed by atoms with Gasteiger partial charge in [-0.05, 0) is 35.8 Å². The smallest absolute Gasteiger partial charge is 0.138 e. The molecule has 1 N–H and O–H groups in total. The van der Waals surface area contributed by atoms with E-state index in [1.165, 1.54) is 5.56 Å². The first kappa shape index (κ1) is 13.5. The minimum absolute atomic E-state index is 0.191. The molecule has 0 aliphatic heterocycles. The Bertz CT molecular complexity index is 337. The van der Waals surface area contributed by atoms with E-state index in [2.05, 4.69) is 41.2 Å². The Balaban J connectivity index is 2.85. The average Bonchev–Trinajstić information content (AvgIpc) is 2.18. The first-order valence-corrected chi connectivity index (χ1v) is 6.47. The molecule has 16 heavy (non-hydrogen) atoms. The van der Waals surface area contributed by atoms with E-state index in [4.69, 9.17) is 4.74 Å². The molecule has 0 saturated carbocycles. The van der Waals surface area contributed by atoms with Gasteiger partial charge in [-0.15, -0.1) is 0 Å². The lowest BCUT2D eigenvalue weighted by molar-refractivity contribution is 0.237. The summed E-state index contributed by atoms with van der Waals surface area (Å²) < 4.78 is 6.84. The van der Waals surface area contributed by atoms with Crippen LogP contribution in [-0.2, 0) is 6.54 Å². The van der Waals surface area contributed by atoms with Gasteiger partial charge in [0.2, 0.25) is 0 Å². The molecule has 0 aliphatic carbocycles. The number of hydrogen-bond donors (Lipinski definition) is 1. The van der Waals surface area contributed by atoms with Gasteiger partial charge in [-0.1, -0.05) is 26.0 Å². The second-order valence-corrected chi connectivity index (χ2v) is 5.28. The first-order valence-electron chi connectivity index (χ1n) is 5.68. The van der Waals surface area contributed by atoms with Crippen molar-refractivity contribution in [3.05, 3.63) is 28.2 Å². The Kier molecular flexibility index (Phi) is 5.29. The van der Waals surface area contributed by atoms with Crippen LogP contribution >= 0.6 is 15.9 Å². The van der Waals surface area contributed by atoms with E-state index >= 15 is 0 Å². The highest BCUT2D eigenvalue weighted by molar-refractivity contribution is 9.10. The van der Waals surface area contributed by atoms with E-state index in [9.17, 15) is 0 Å². The van der Waals surface area contributed by atoms with E-state index in [0.29, 0.717) is 6.04 Å². The standard InChI is InChI=1S/C13H20BrNO/c1-9(2)15-8-11-6-5-7-12(14)13(11)16-10(3)4/h5-7,9-10,15H,8H2,1-4H3. The molecule has 1 rings (SSSR count). The molecule has 0 fully saturated rings. The summed E-state index contributed by atoms with van der Waals surface area (Å²) in [6.45, 7) is 9.19. The fourth-order valence-corrected chi connectivity index (χ4v) is 1.88. The summed E-state index contributed by atoms with van der Waals surface area (Å²) in [5.41, 5.74) is 1.19. The van der Waals surface area contributed by atoms with E-state index in [1.54, 1.807) is 0 Å². The van der Waals surface area contributed by atoms with E-state index in [1.807, 2.05) is 26.0 Å². The van der Waals surface area contributed by atoms with E-state index < -0.39 is 0 Å². The van der Waals surface area contributed by atoms with Crippen LogP contribution in [0.4, 0.5) is 0 Å². The second-order valence-electron chi connectivity index (χ2n) is 4.43. The lowest BCUT2D eigenvalue weighted by atomic mass is 10.2. The predicted octanol–water partition coefficient (Wildman–Crippen LogP) is 3.73. The predicted molar refractivity (Wildman–Crippen MR) is 71.9 cm³/mol. The highest BCUT2D eigenvalue weighted by Crippen LogP contribution is 2.29. The van der Waals surface area contributed by atoms with Gasteiger partial charge >= 0.3 is 0 Å². The molecule has 0 spiro atoms. The summed E-state index contributed by atoms with van der Waals surface area (Å²) in [4.78, 5) is 0. The van der Waals surface area contributed by atoms with Crippen LogP contribution in [-0.4, -0.2) is 12.1 Å². The molecule has 0 radical (unpaired) electrons. The highest BCUT2D eigenvalue weighted by Gasteiger charge is 2.09. The van der Waals surface area contributed by atoms with Crippen LogP contribution in [0.3, 0.4) is 0 Å². The van der Waals surface area contributed by atoms with Gasteiger partial charge in [0.1, 0.15) is 5.75 Å². The third-order valence-corrected chi connectivity index (χ3v) is 2.73. The zero-order chi connectivity index (χ0) is 12.1. The third-order valence-electron chi connectivity index (χ3n) is 2.10. The van der Waals surface area contributed by atoms with Gasteiger partial charge in [0, 0.05) is 18.2 Å². The largest absolute Gasteiger partial charge is 0.489 e. The SMILES string of the molecule is CC(C)NCc1cccc(Br)c1OC(C)C. The minimum Gasteiger partial charge on any atom is -0.489 e. The van der Waals surface area contributed by atoms with Crippen molar-refractivity contribution in [2.75, 3.05) is 0 Å². The zero-order valence-corrected chi connectivity index (χ0v) is 12.0. The maximum Gasteiger partial charge on any atom is 0.138 e. The van der Waals surface area contributed by atoms with Gasteiger partial charge in [-0.3, -0.25) is 0 Å². The van der Waals surface area contributed by atoms with Crippen LogP contribution in [0.2, 0.25) is 0 Å². The van der Waals surface area contributed by atoms with Crippen molar-refractivity contribution in [2.45, 2.75) is 46.4 Å². The summed E-state index contributed by atoms with van der Waals surface area (Å²) in [5.74, 6) is 0.950. The minimum atomic E-state index is 0.191. The molecule has 0 amide bonds. The van der Waals surface area contributed by atoms with Crippen LogP contribution in [0.15, 0.2) is 22.7 Å². The number of para-hydroxylation sites is 1. The topological polar surface area (TPSA) is 21.3 Å². The van der Waals surface area contributed by atoms with Crippen molar-refractivity contribution >= 4 is 15.9 Å². The van der Waals surface area contributed by atoms with Gasteiger partial charge in [0.15, 0.2) is 0 Å². The number of nitrogens with one attached hydrogen (secondary N) is 1. The fourth-order valence-electron chi connectivity index (χ4n) is 1.37. The fraction of sp³-hybridized carbons (Fsp3) is 0.538. The molecule has 3 heteroatoms. The van der Waals surface area contributed by atoms with Crippen molar-refractivity contribution in [3.8, 4) is 5.75 Å². The average molecular weight is 286 g/mol. The zero-order valence-electron chi connectivity index (χ0n) is 10.4. The molecule has 0 saturated heterocycles. The molecule has 1 aromatic rings. The molecule has 0 bridgehead atoms. The first-order chi connectivity index (χ1) is 7.50. The van der Waals surface area contributed by atoms with Gasteiger partial charge in [0.25, 0.3) is 0 Å². The lowest BCUT2D eigenvalue weighted by Gasteiger charge is -2.17. The molecule has 1 aromatic carbocycles. The molecule has 0 heterocycles. The Morgan fingerprint density at radius 1 is 1.25 bits per heavy atom. The normalized spacial score (nSPS) is 11.2. The number of rotatable bonds is 5. The van der Waals surface area contributed by atoms with E-state index in [-0.39, 0.29) is 6.10 Å². The summed E-state index contributed by atoms with van der Waals surface area (Å²) in [5, 5.41) is 3.40. The van der Waals surface area contributed by atoms with Gasteiger partial charge < -0.3 is 10.1 Å². The van der Waals surface area contributed by atoms with Crippen molar-refractivity contribution in [2.24, 2.45) is 0 Å². The molecule has 0 aliphatic rings. The summed E-state index contributed by atoms with van der Waals surface area (Å²) in [7, 11) is 0. The number of ether oxygens (including phenoxy) is 1. The number of benzene rings is 1. The number of halogens is 1. The summed E-state index contributed by atoms with van der Waals surface area (Å²) >= 11 is 3.53. The van der Waals surface area contributed by atoms with Gasteiger partial charge in [-0.25, -0.2) is 0 Å². The van der Waals surface area contributed by atoms with Crippen LogP contribution in [0.5, 0.6) is 5.75 Å². The Labute approximate surface area is 107 Å². The summed E-state index contributed by atoms with van der Waals surface area (Å²) in [6, 6.07) is 6.62. The monoisotopic (exact) mass is 285 g/mol. The van der Waals surface area contributed by atoms with Crippen molar-refractivity contribution in [1.82, 2.24) is 5.32 Å². The van der Waals surface area contributed by atoms with Gasteiger partial charge in [-0.2, -0.15) is 0 Å². The van der Waals surface area contributed by atoms with E-state index in [0.717, 1.165) is 16.8 Å². The maximum atomic E-state index is 5.82. The van der Waals surface area contributed by atoms with Crippen LogP contribution in [0.25, 0.3) is 0 Å². The van der Waals surface area contributed by atoms with Gasteiger partial charge in [0.05, 0.1) is 10.6 Å². The molecule has 0 atom stereocenters. The molecule has 0 aromatic heterocycles. The van der Waals surface area contributed by atoms with Crippen LogP contribution < -0.4 is 10.1 Å². The Morgan fingerprint density at radius 3 is 2.50 bits per heavy atom. The maximum absolute atomic E-state index is 5.82. The number of hydrogen-bond acceptors (Lipinski definition) is 2. The Hall–Kier alpha value is -0.540. The highest BCUT2D eigenvalue weighted by atomic mass is 79.9. The molecule has 2 nitrogen and oxygen atoms in total.